The number of pyridine rings is 1. The number of nitrogens with zero attached hydrogens (tertiary/aromatic N) is 4. The van der Waals surface area contributed by atoms with Crippen LogP contribution in [-0.2, 0) is 0 Å². The van der Waals surface area contributed by atoms with Gasteiger partial charge < -0.3 is 14.7 Å². The van der Waals surface area contributed by atoms with E-state index in [1.54, 1.807) is 6.20 Å². The number of hydrogen-bond donors (Lipinski definition) is 1. The normalized spacial score (nSPS) is 16.9. The monoisotopic (exact) mass is 302 g/mol. The number of ether oxygens (including phenoxy) is 1. The van der Waals surface area contributed by atoms with Crippen molar-refractivity contribution >= 4 is 16.9 Å². The molecule has 0 spiro atoms. The summed E-state index contributed by atoms with van der Waals surface area (Å²) in [7, 11) is 0. The van der Waals surface area contributed by atoms with Gasteiger partial charge in [0.2, 0.25) is 0 Å². The van der Waals surface area contributed by atoms with Crippen LogP contribution in [0.3, 0.4) is 0 Å². The van der Waals surface area contributed by atoms with Gasteiger partial charge in [0.1, 0.15) is 17.6 Å². The van der Waals surface area contributed by atoms with E-state index in [1.165, 1.54) is 6.33 Å². The van der Waals surface area contributed by atoms with Crippen LogP contribution in [0.5, 0.6) is 5.75 Å². The molecule has 1 aliphatic heterocycles. The molecule has 0 saturated carbocycles. The van der Waals surface area contributed by atoms with E-state index < -0.39 is 5.60 Å². The highest BCUT2D eigenvalue weighted by Crippen LogP contribution is 2.30. The fourth-order valence-electron chi connectivity index (χ4n) is 2.56. The summed E-state index contributed by atoms with van der Waals surface area (Å²) in [5.41, 5.74) is 0.866. The fraction of sp³-hybridized carbons (Fsp3) is 0.562. The van der Waals surface area contributed by atoms with Gasteiger partial charge in [-0.05, 0) is 19.3 Å². The molecule has 6 nitrogen and oxygen atoms in total. The molecular formula is C16H22N4O2. The number of aliphatic hydroxyl groups is 1. The summed E-state index contributed by atoms with van der Waals surface area (Å²) in [5.74, 6) is 2.11. The minimum atomic E-state index is -0.642. The zero-order valence-corrected chi connectivity index (χ0v) is 13.3. The number of anilines is 1. The molecule has 118 valence electrons. The minimum absolute atomic E-state index is 0.563. The number of fused-ring (bicyclic) bond motifs is 1. The van der Waals surface area contributed by atoms with Gasteiger partial charge in [0, 0.05) is 19.2 Å². The van der Waals surface area contributed by atoms with Crippen LogP contribution in [0.4, 0.5) is 5.82 Å². The van der Waals surface area contributed by atoms with Gasteiger partial charge in [0.05, 0.1) is 23.9 Å². The van der Waals surface area contributed by atoms with Crippen molar-refractivity contribution in [3.8, 4) is 5.75 Å². The molecular weight excluding hydrogens is 280 g/mol. The molecule has 3 heterocycles. The van der Waals surface area contributed by atoms with Crippen LogP contribution in [0.15, 0.2) is 18.6 Å². The summed E-state index contributed by atoms with van der Waals surface area (Å²) in [6.45, 7) is 7.96. The van der Waals surface area contributed by atoms with E-state index in [4.69, 9.17) is 4.74 Å². The highest BCUT2D eigenvalue weighted by Gasteiger charge is 2.38. The summed E-state index contributed by atoms with van der Waals surface area (Å²) in [5, 5.41) is 9.88. The Morgan fingerprint density at radius 1 is 1.32 bits per heavy atom. The molecule has 1 saturated heterocycles. The highest BCUT2D eigenvalue weighted by molar-refractivity contribution is 5.86. The first-order chi connectivity index (χ1) is 10.4. The number of hydrogen-bond acceptors (Lipinski definition) is 6. The Labute approximate surface area is 130 Å². The summed E-state index contributed by atoms with van der Waals surface area (Å²) in [6.07, 6.45) is 4.26. The highest BCUT2D eigenvalue weighted by atomic mass is 16.5. The number of β-amino-alcohol motifs (C(OH)–C–C–N with tert-alkyl or cyclic N) is 1. The Hall–Kier alpha value is -1.95. The third-order valence-electron chi connectivity index (χ3n) is 3.76. The van der Waals surface area contributed by atoms with Crippen LogP contribution in [0, 0.1) is 5.92 Å². The largest absolute Gasteiger partial charge is 0.492 e. The van der Waals surface area contributed by atoms with Crippen molar-refractivity contribution in [3.63, 3.8) is 0 Å². The molecule has 0 aliphatic carbocycles. The van der Waals surface area contributed by atoms with Gasteiger partial charge in [-0.2, -0.15) is 0 Å². The lowest BCUT2D eigenvalue weighted by Gasteiger charge is -2.44. The summed E-state index contributed by atoms with van der Waals surface area (Å²) >= 11 is 0. The van der Waals surface area contributed by atoms with Crippen LogP contribution in [0.1, 0.15) is 27.2 Å². The molecule has 3 rings (SSSR count). The van der Waals surface area contributed by atoms with Gasteiger partial charge >= 0.3 is 0 Å². The summed E-state index contributed by atoms with van der Waals surface area (Å²) < 4.78 is 5.72. The van der Waals surface area contributed by atoms with Gasteiger partial charge in [-0.3, -0.25) is 0 Å². The van der Waals surface area contributed by atoms with Crippen LogP contribution >= 0.6 is 0 Å². The van der Waals surface area contributed by atoms with E-state index in [1.807, 2.05) is 17.9 Å². The summed E-state index contributed by atoms with van der Waals surface area (Å²) in [6, 6.07) is 1.89. The first-order valence-corrected chi connectivity index (χ1v) is 7.65. The second-order valence-electron chi connectivity index (χ2n) is 6.62. The first kappa shape index (κ1) is 15.0. The maximum atomic E-state index is 9.88. The smallest absolute Gasteiger partial charge is 0.158 e. The van der Waals surface area contributed by atoms with Crippen LogP contribution in [0.2, 0.25) is 0 Å². The second-order valence-corrected chi connectivity index (χ2v) is 6.62. The lowest BCUT2D eigenvalue weighted by atomic mass is 9.97. The predicted molar refractivity (Wildman–Crippen MR) is 85.1 cm³/mol. The van der Waals surface area contributed by atoms with Gasteiger partial charge in [-0.1, -0.05) is 13.8 Å². The maximum absolute atomic E-state index is 9.88. The van der Waals surface area contributed by atoms with Crippen molar-refractivity contribution in [2.45, 2.75) is 32.8 Å². The van der Waals surface area contributed by atoms with Crippen molar-refractivity contribution in [1.82, 2.24) is 15.0 Å². The molecule has 6 heteroatoms. The van der Waals surface area contributed by atoms with E-state index >= 15 is 0 Å². The zero-order chi connectivity index (χ0) is 15.7. The lowest BCUT2D eigenvalue weighted by Crippen LogP contribution is -2.60. The van der Waals surface area contributed by atoms with Gasteiger partial charge in [0.15, 0.2) is 5.82 Å². The molecule has 2 aromatic heterocycles. The van der Waals surface area contributed by atoms with E-state index in [-0.39, 0.29) is 0 Å². The predicted octanol–water partition coefficient (Wildman–Crippen LogP) is 2.02. The minimum Gasteiger partial charge on any atom is -0.492 e. The number of rotatable bonds is 5. The van der Waals surface area contributed by atoms with Crippen molar-refractivity contribution in [3.05, 3.63) is 18.6 Å². The molecule has 0 amide bonds. The molecule has 0 bridgehead atoms. The van der Waals surface area contributed by atoms with Gasteiger partial charge in [-0.25, -0.2) is 15.0 Å². The third-order valence-corrected chi connectivity index (χ3v) is 3.76. The average Bonchev–Trinajstić information content (AvgIpc) is 2.43. The molecule has 2 aromatic rings. The number of aromatic nitrogens is 3. The Bertz CT molecular complexity index is 664. The molecule has 0 unspecified atom stereocenters. The lowest BCUT2D eigenvalue weighted by molar-refractivity contribution is 0.0307. The molecule has 0 atom stereocenters. The maximum Gasteiger partial charge on any atom is 0.158 e. The average molecular weight is 302 g/mol. The SMILES string of the molecule is CC(C)CCOc1cnc2c(N3CC(C)(O)C3)ncnc2c1. The first-order valence-electron chi connectivity index (χ1n) is 7.65. The van der Waals surface area contributed by atoms with Crippen LogP contribution in [-0.4, -0.2) is 45.4 Å². The molecule has 0 aromatic carbocycles. The van der Waals surface area contributed by atoms with E-state index in [0.29, 0.717) is 25.6 Å². The third kappa shape index (κ3) is 3.11. The fourth-order valence-corrected chi connectivity index (χ4v) is 2.56. The van der Waals surface area contributed by atoms with Crippen molar-refractivity contribution in [2.75, 3.05) is 24.6 Å². The van der Waals surface area contributed by atoms with Crippen LogP contribution < -0.4 is 9.64 Å². The molecule has 22 heavy (non-hydrogen) atoms. The van der Waals surface area contributed by atoms with Crippen molar-refractivity contribution in [2.24, 2.45) is 5.92 Å². The molecule has 1 N–H and O–H groups in total. The van der Waals surface area contributed by atoms with Crippen molar-refractivity contribution < 1.29 is 9.84 Å². The Kier molecular flexibility index (Phi) is 3.87. The summed E-state index contributed by atoms with van der Waals surface area (Å²) in [4.78, 5) is 15.1. The molecule has 1 aliphatic rings. The second kappa shape index (κ2) is 5.68. The Morgan fingerprint density at radius 3 is 2.77 bits per heavy atom. The Balaban J connectivity index is 1.79. The standard InChI is InChI=1S/C16H22N4O2/c1-11(2)4-5-22-12-6-13-14(17-7-12)15(19-10-18-13)20-8-16(3,21)9-20/h6-7,10-11,21H,4-5,8-9H2,1-3H3. The topological polar surface area (TPSA) is 71.4 Å². The Morgan fingerprint density at radius 2 is 2.09 bits per heavy atom. The van der Waals surface area contributed by atoms with Gasteiger partial charge in [-0.15, -0.1) is 0 Å². The quantitative estimate of drug-likeness (QED) is 0.911. The van der Waals surface area contributed by atoms with Crippen molar-refractivity contribution in [1.29, 1.82) is 0 Å². The molecule has 0 radical (unpaired) electrons. The molecule has 1 fully saturated rings. The van der Waals surface area contributed by atoms with E-state index in [9.17, 15) is 5.11 Å². The van der Waals surface area contributed by atoms with Crippen LogP contribution in [0.25, 0.3) is 11.0 Å². The zero-order valence-electron chi connectivity index (χ0n) is 13.3. The van der Waals surface area contributed by atoms with E-state index in [2.05, 4.69) is 28.8 Å². The van der Waals surface area contributed by atoms with Gasteiger partial charge in [0.25, 0.3) is 0 Å². The van der Waals surface area contributed by atoms with E-state index in [0.717, 1.165) is 29.0 Å².